The Morgan fingerprint density at radius 1 is 1.23 bits per heavy atom. The van der Waals surface area contributed by atoms with E-state index in [2.05, 4.69) is 15.4 Å². The van der Waals surface area contributed by atoms with Gasteiger partial charge in [0.1, 0.15) is 6.54 Å². The van der Waals surface area contributed by atoms with Gasteiger partial charge in [-0.1, -0.05) is 24.3 Å². The Balaban J connectivity index is 1.52. The lowest BCUT2D eigenvalue weighted by Crippen LogP contribution is -2.40. The van der Waals surface area contributed by atoms with E-state index in [1.165, 1.54) is 0 Å². The summed E-state index contributed by atoms with van der Waals surface area (Å²) in [6, 6.07) is 11.0. The molecule has 0 radical (unpaired) electrons. The molecule has 7 nitrogen and oxygen atoms in total. The highest BCUT2D eigenvalue weighted by Gasteiger charge is 2.39. The third-order valence-electron chi connectivity index (χ3n) is 4.80. The van der Waals surface area contributed by atoms with Gasteiger partial charge in [-0.3, -0.25) is 19.3 Å². The maximum Gasteiger partial charge on any atom is 0.242 e. The van der Waals surface area contributed by atoms with Crippen LogP contribution >= 0.6 is 0 Å². The molecule has 1 aliphatic heterocycles. The average molecular weight is 349 g/mol. The summed E-state index contributed by atoms with van der Waals surface area (Å²) in [5, 5.41) is 8.28. The summed E-state index contributed by atoms with van der Waals surface area (Å²) in [5.74, 6) is -0.158. The Morgan fingerprint density at radius 3 is 2.88 bits per heavy atom. The minimum atomic E-state index is -0.286. The first-order valence-electron chi connectivity index (χ1n) is 8.49. The molecule has 7 heteroatoms. The number of carbonyl (C=O) groups excluding carboxylic acids is 2. The van der Waals surface area contributed by atoms with Crippen LogP contribution < -0.4 is 5.32 Å². The monoisotopic (exact) mass is 349 g/mol. The SMILES string of the molecule is CN1C(=O)C[C@@H](NC(=O)Cn2ncc3ccccc32)[C@@H]1c1cccnc1. The van der Waals surface area contributed by atoms with E-state index in [4.69, 9.17) is 0 Å². The van der Waals surface area contributed by atoms with Crippen LogP contribution in [-0.2, 0) is 16.1 Å². The van der Waals surface area contributed by atoms with E-state index in [1.807, 2.05) is 36.4 Å². The standard InChI is InChI=1S/C19H19N5O2/c1-23-18(26)9-15(19(23)14-6-4-8-20-10-14)22-17(25)12-24-16-7-3-2-5-13(16)11-21-24/h2-8,10-11,15,19H,9,12H2,1H3,(H,22,25)/t15-,19+/m1/s1. The van der Waals surface area contributed by atoms with E-state index in [9.17, 15) is 9.59 Å². The number of likely N-dealkylation sites (tertiary alicyclic amines) is 1. The van der Waals surface area contributed by atoms with Crippen molar-refractivity contribution in [3.8, 4) is 0 Å². The highest BCUT2D eigenvalue weighted by Crippen LogP contribution is 2.31. The lowest BCUT2D eigenvalue weighted by atomic mass is 10.0. The molecule has 0 saturated carbocycles. The largest absolute Gasteiger partial charge is 0.349 e. The summed E-state index contributed by atoms with van der Waals surface area (Å²) in [4.78, 5) is 30.6. The fraction of sp³-hybridized carbons (Fsp3) is 0.263. The van der Waals surface area contributed by atoms with Gasteiger partial charge in [0.05, 0.1) is 23.8 Å². The zero-order chi connectivity index (χ0) is 18.1. The number of likely N-dealkylation sites (N-methyl/N-ethyl adjacent to an activating group) is 1. The number of nitrogens with zero attached hydrogens (tertiary/aromatic N) is 4. The molecule has 1 aromatic carbocycles. The fourth-order valence-electron chi connectivity index (χ4n) is 3.55. The first-order valence-corrected chi connectivity index (χ1v) is 8.49. The molecule has 0 bridgehead atoms. The molecule has 132 valence electrons. The molecule has 2 aromatic heterocycles. The summed E-state index contributed by atoms with van der Waals surface area (Å²) in [6.45, 7) is 0.113. The number of rotatable bonds is 4. The van der Waals surface area contributed by atoms with Crippen molar-refractivity contribution in [2.75, 3.05) is 7.05 Å². The molecule has 3 aromatic rings. The molecule has 4 rings (SSSR count). The number of aromatic nitrogens is 3. The molecule has 0 unspecified atom stereocenters. The molecule has 2 amide bonds. The molecule has 0 spiro atoms. The summed E-state index contributed by atoms with van der Waals surface area (Å²) in [5.41, 5.74) is 1.82. The Hall–Kier alpha value is -3.22. The molecule has 2 atom stereocenters. The van der Waals surface area contributed by atoms with E-state index in [1.54, 1.807) is 35.2 Å². The maximum absolute atomic E-state index is 12.6. The smallest absolute Gasteiger partial charge is 0.242 e. The number of benzene rings is 1. The van der Waals surface area contributed by atoms with Crippen LogP contribution in [0, 0.1) is 0 Å². The van der Waals surface area contributed by atoms with Gasteiger partial charge in [-0.15, -0.1) is 0 Å². The summed E-state index contributed by atoms with van der Waals surface area (Å²) in [6.07, 6.45) is 5.45. The minimum absolute atomic E-state index is 0.00805. The number of para-hydroxylation sites is 1. The number of pyridine rings is 1. The zero-order valence-electron chi connectivity index (χ0n) is 14.4. The first-order chi connectivity index (χ1) is 12.6. The molecule has 1 saturated heterocycles. The highest BCUT2D eigenvalue weighted by molar-refractivity contribution is 5.84. The second kappa shape index (κ2) is 6.59. The second-order valence-corrected chi connectivity index (χ2v) is 6.48. The number of hydrogen-bond donors (Lipinski definition) is 1. The lowest BCUT2D eigenvalue weighted by molar-refractivity contribution is -0.127. The summed E-state index contributed by atoms with van der Waals surface area (Å²) >= 11 is 0. The minimum Gasteiger partial charge on any atom is -0.349 e. The van der Waals surface area contributed by atoms with Crippen LogP contribution in [0.15, 0.2) is 55.0 Å². The third-order valence-corrected chi connectivity index (χ3v) is 4.80. The third kappa shape index (κ3) is 2.92. The molecule has 1 aliphatic rings. The fourth-order valence-corrected chi connectivity index (χ4v) is 3.55. The second-order valence-electron chi connectivity index (χ2n) is 6.48. The molecule has 1 N–H and O–H groups in total. The predicted molar refractivity (Wildman–Crippen MR) is 96.0 cm³/mol. The van der Waals surface area contributed by atoms with Crippen molar-refractivity contribution in [3.63, 3.8) is 0 Å². The van der Waals surface area contributed by atoms with E-state index in [0.717, 1.165) is 16.5 Å². The van der Waals surface area contributed by atoms with Crippen molar-refractivity contribution < 1.29 is 9.59 Å². The number of amides is 2. The van der Waals surface area contributed by atoms with Crippen molar-refractivity contribution in [1.82, 2.24) is 25.0 Å². The van der Waals surface area contributed by atoms with E-state index in [-0.39, 0.29) is 36.9 Å². The quantitative estimate of drug-likeness (QED) is 0.774. The van der Waals surface area contributed by atoms with Crippen LogP contribution in [0.4, 0.5) is 0 Å². The molecule has 0 aliphatic carbocycles. The van der Waals surface area contributed by atoms with Crippen molar-refractivity contribution in [1.29, 1.82) is 0 Å². The zero-order valence-corrected chi connectivity index (χ0v) is 14.4. The van der Waals surface area contributed by atoms with Crippen LogP contribution in [0.5, 0.6) is 0 Å². The van der Waals surface area contributed by atoms with E-state index in [0.29, 0.717) is 0 Å². The van der Waals surface area contributed by atoms with Crippen molar-refractivity contribution >= 4 is 22.7 Å². The van der Waals surface area contributed by atoms with Crippen LogP contribution in [-0.4, -0.2) is 44.6 Å². The van der Waals surface area contributed by atoms with E-state index < -0.39 is 0 Å². The van der Waals surface area contributed by atoms with Crippen molar-refractivity contribution in [2.24, 2.45) is 0 Å². The van der Waals surface area contributed by atoms with Gasteiger partial charge in [0.25, 0.3) is 0 Å². The van der Waals surface area contributed by atoms with Gasteiger partial charge >= 0.3 is 0 Å². The Kier molecular flexibility index (Phi) is 4.12. The molecule has 26 heavy (non-hydrogen) atoms. The van der Waals surface area contributed by atoms with Crippen LogP contribution in [0.3, 0.4) is 0 Å². The van der Waals surface area contributed by atoms with Gasteiger partial charge in [-0.25, -0.2) is 0 Å². The highest BCUT2D eigenvalue weighted by atomic mass is 16.2. The Morgan fingerprint density at radius 2 is 2.08 bits per heavy atom. The normalized spacial score (nSPS) is 19.9. The molecular formula is C19H19N5O2. The van der Waals surface area contributed by atoms with Gasteiger partial charge in [0.2, 0.25) is 11.8 Å². The first kappa shape index (κ1) is 16.3. The van der Waals surface area contributed by atoms with Gasteiger partial charge in [-0.05, 0) is 17.7 Å². The molecule has 1 fully saturated rings. The van der Waals surface area contributed by atoms with Crippen LogP contribution in [0.2, 0.25) is 0 Å². The van der Waals surface area contributed by atoms with Gasteiger partial charge in [0.15, 0.2) is 0 Å². The van der Waals surface area contributed by atoms with Crippen LogP contribution in [0.25, 0.3) is 10.9 Å². The van der Waals surface area contributed by atoms with Crippen molar-refractivity contribution in [3.05, 3.63) is 60.6 Å². The molecular weight excluding hydrogens is 330 g/mol. The molecule has 3 heterocycles. The predicted octanol–water partition coefficient (Wildman–Crippen LogP) is 1.52. The Bertz CT molecular complexity index is 953. The van der Waals surface area contributed by atoms with Crippen LogP contribution in [0.1, 0.15) is 18.0 Å². The van der Waals surface area contributed by atoms with Gasteiger partial charge in [-0.2, -0.15) is 5.10 Å². The Labute approximate surface area is 150 Å². The number of nitrogens with one attached hydrogen (secondary N) is 1. The topological polar surface area (TPSA) is 80.1 Å². The maximum atomic E-state index is 12.6. The lowest BCUT2D eigenvalue weighted by Gasteiger charge is -2.25. The van der Waals surface area contributed by atoms with E-state index >= 15 is 0 Å². The summed E-state index contributed by atoms with van der Waals surface area (Å²) < 4.78 is 1.67. The average Bonchev–Trinajstić information content (AvgIpc) is 3.17. The van der Waals surface area contributed by atoms with Gasteiger partial charge in [0, 0.05) is 31.2 Å². The van der Waals surface area contributed by atoms with Gasteiger partial charge < -0.3 is 10.2 Å². The summed E-state index contributed by atoms with van der Waals surface area (Å²) in [7, 11) is 1.76. The van der Waals surface area contributed by atoms with Crippen molar-refractivity contribution in [2.45, 2.75) is 25.0 Å². The number of fused-ring (bicyclic) bond motifs is 1. The number of carbonyl (C=O) groups is 2. The number of hydrogen-bond acceptors (Lipinski definition) is 4.